The Hall–Kier alpha value is -3.04. The van der Waals surface area contributed by atoms with Crippen molar-refractivity contribution in [2.45, 2.75) is 43.7 Å². The molecule has 2 aromatic rings. The molecule has 4 rings (SSSR count). The zero-order valence-electron chi connectivity index (χ0n) is 22.2. The molecule has 0 bridgehead atoms. The smallest absolute Gasteiger partial charge is 0.407 e. The van der Waals surface area contributed by atoms with Crippen LogP contribution in [0.25, 0.3) is 0 Å². The highest BCUT2D eigenvalue weighted by atomic mass is 35.5. The highest BCUT2D eigenvalue weighted by Gasteiger charge is 2.42. The fourth-order valence-corrected chi connectivity index (χ4v) is 6.10. The van der Waals surface area contributed by atoms with Gasteiger partial charge in [-0.05, 0) is 61.6 Å². The number of methoxy groups -OCH3 is 1. The third kappa shape index (κ3) is 6.76. The van der Waals surface area contributed by atoms with Crippen molar-refractivity contribution < 1.29 is 23.5 Å². The van der Waals surface area contributed by atoms with Crippen LogP contribution in [0.3, 0.4) is 0 Å². The summed E-state index contributed by atoms with van der Waals surface area (Å²) >= 11 is 12.3. The first-order valence-corrected chi connectivity index (χ1v) is 13.7. The lowest BCUT2D eigenvalue weighted by Crippen LogP contribution is -2.48. The molecule has 1 heterocycles. The number of hydrogen-bond donors (Lipinski definition) is 1. The summed E-state index contributed by atoms with van der Waals surface area (Å²) in [7, 11) is 4.69. The van der Waals surface area contributed by atoms with Crippen molar-refractivity contribution in [2.24, 2.45) is 5.92 Å². The average Bonchev–Trinajstić information content (AvgIpc) is 3.37. The van der Waals surface area contributed by atoms with E-state index in [1.54, 1.807) is 49.3 Å². The van der Waals surface area contributed by atoms with Crippen LogP contribution in [-0.4, -0.2) is 74.2 Å². The van der Waals surface area contributed by atoms with Crippen molar-refractivity contribution >= 4 is 46.9 Å². The Morgan fingerprint density at radius 3 is 2.18 bits per heavy atom. The summed E-state index contributed by atoms with van der Waals surface area (Å²) < 4.78 is 18.4. The Morgan fingerprint density at radius 2 is 1.59 bits per heavy atom. The van der Waals surface area contributed by atoms with Gasteiger partial charge in [-0.2, -0.15) is 0 Å². The van der Waals surface area contributed by atoms with Crippen molar-refractivity contribution in [2.75, 3.05) is 39.2 Å². The quantitative estimate of drug-likeness (QED) is 0.505. The Balaban J connectivity index is 1.50. The maximum absolute atomic E-state index is 13.7. The number of ether oxygens (including phenoxy) is 1. The lowest BCUT2D eigenvalue weighted by atomic mass is 9.85. The number of amides is 4. The number of halogens is 3. The van der Waals surface area contributed by atoms with Crippen molar-refractivity contribution in [3.05, 3.63) is 63.9 Å². The van der Waals surface area contributed by atoms with Gasteiger partial charge in [-0.15, -0.1) is 0 Å². The second-order valence-corrected chi connectivity index (χ2v) is 11.1. The molecule has 1 saturated carbocycles. The Bertz CT molecular complexity index is 1190. The Kier molecular flexibility index (Phi) is 9.23. The molecule has 1 aliphatic carbocycles. The van der Waals surface area contributed by atoms with Crippen molar-refractivity contribution in [1.29, 1.82) is 0 Å². The lowest BCUT2D eigenvalue weighted by molar-refractivity contribution is -0.135. The van der Waals surface area contributed by atoms with E-state index < -0.39 is 6.09 Å². The molecule has 0 unspecified atom stereocenters. The van der Waals surface area contributed by atoms with Crippen LogP contribution in [0, 0.1) is 11.7 Å². The monoisotopic (exact) mass is 578 g/mol. The van der Waals surface area contributed by atoms with Crippen molar-refractivity contribution in [3.63, 3.8) is 0 Å². The van der Waals surface area contributed by atoms with Gasteiger partial charge in [-0.25, -0.2) is 14.0 Å². The Morgan fingerprint density at radius 1 is 0.974 bits per heavy atom. The fraction of sp³-hybridized carbons (Fsp3) is 0.464. The molecule has 0 aromatic heterocycles. The maximum atomic E-state index is 13.7. The number of carbonyl (C=O) groups is 3. The molecule has 1 N–H and O–H groups in total. The highest BCUT2D eigenvalue weighted by molar-refractivity contribution is 6.35. The van der Waals surface area contributed by atoms with E-state index in [1.807, 2.05) is 4.90 Å². The molecule has 0 spiro atoms. The lowest BCUT2D eigenvalue weighted by Gasteiger charge is -2.33. The summed E-state index contributed by atoms with van der Waals surface area (Å²) in [6, 6.07) is 10.5. The van der Waals surface area contributed by atoms with E-state index in [0.29, 0.717) is 54.5 Å². The van der Waals surface area contributed by atoms with Gasteiger partial charge in [-0.1, -0.05) is 35.3 Å². The summed E-state index contributed by atoms with van der Waals surface area (Å²) in [6.45, 7) is 0.771. The van der Waals surface area contributed by atoms with Gasteiger partial charge in [0, 0.05) is 60.8 Å². The largest absolute Gasteiger partial charge is 0.453 e. The minimum absolute atomic E-state index is 0.0147. The zero-order chi connectivity index (χ0) is 28.3. The van der Waals surface area contributed by atoms with Crippen LogP contribution in [0.5, 0.6) is 0 Å². The minimum atomic E-state index is -0.466. The molecule has 2 aliphatic rings. The van der Waals surface area contributed by atoms with Gasteiger partial charge in [-0.3, -0.25) is 9.69 Å². The van der Waals surface area contributed by atoms with E-state index in [-0.39, 0.29) is 41.7 Å². The second-order valence-electron chi connectivity index (χ2n) is 10.2. The van der Waals surface area contributed by atoms with E-state index in [2.05, 4.69) is 10.1 Å². The maximum Gasteiger partial charge on any atom is 0.407 e. The standard InChI is InChI=1S/C28H33Cl2FN4O4/c1-33(23-13-19(29)12-20(30)14-23)28(38)34(2)25-16-35(15-24(25)17-4-8-21(31)9-5-17)26(36)18-6-10-22(11-7-18)32-27(37)39-3/h4-5,8-9,12-14,18,22,24-25H,6-7,10-11,15-16H2,1-3H3,(H,32,37)/t18-,22-,24-,25+/m0/s1. The average molecular weight is 580 g/mol. The molecule has 39 heavy (non-hydrogen) atoms. The molecule has 2 fully saturated rings. The normalized spacial score (nSPS) is 22.8. The van der Waals surface area contributed by atoms with E-state index >= 15 is 0 Å². The third-order valence-corrected chi connectivity index (χ3v) is 8.24. The van der Waals surface area contributed by atoms with Gasteiger partial charge >= 0.3 is 12.1 Å². The Labute approximate surface area is 238 Å². The van der Waals surface area contributed by atoms with E-state index in [0.717, 1.165) is 5.56 Å². The van der Waals surface area contributed by atoms with Gasteiger partial charge in [0.1, 0.15) is 5.82 Å². The van der Waals surface area contributed by atoms with Crippen molar-refractivity contribution in [3.8, 4) is 0 Å². The zero-order valence-corrected chi connectivity index (χ0v) is 23.7. The first kappa shape index (κ1) is 29.0. The van der Waals surface area contributed by atoms with Crippen LogP contribution >= 0.6 is 23.2 Å². The molecule has 210 valence electrons. The fourth-order valence-electron chi connectivity index (χ4n) is 5.59. The van der Waals surface area contributed by atoms with Crippen LogP contribution < -0.4 is 10.2 Å². The van der Waals surface area contributed by atoms with E-state index in [9.17, 15) is 18.8 Å². The molecule has 1 saturated heterocycles. The first-order valence-electron chi connectivity index (χ1n) is 12.9. The molecular weight excluding hydrogens is 546 g/mol. The van der Waals surface area contributed by atoms with Gasteiger partial charge < -0.3 is 19.9 Å². The number of urea groups is 1. The first-order chi connectivity index (χ1) is 18.6. The van der Waals surface area contributed by atoms with Crippen LogP contribution in [0.1, 0.15) is 37.2 Å². The topological polar surface area (TPSA) is 82.2 Å². The summed E-state index contributed by atoms with van der Waals surface area (Å²) in [5, 5.41) is 3.64. The molecule has 0 radical (unpaired) electrons. The predicted molar refractivity (Wildman–Crippen MR) is 149 cm³/mol. The van der Waals surface area contributed by atoms with Crippen LogP contribution in [0.2, 0.25) is 10.0 Å². The number of nitrogens with one attached hydrogen (secondary N) is 1. The summed E-state index contributed by atoms with van der Waals surface area (Å²) in [4.78, 5) is 43.6. The minimum Gasteiger partial charge on any atom is -0.453 e. The van der Waals surface area contributed by atoms with Crippen molar-refractivity contribution in [1.82, 2.24) is 15.1 Å². The summed E-state index contributed by atoms with van der Waals surface area (Å²) in [6.07, 6.45) is 2.23. The number of nitrogens with zero attached hydrogens (tertiary/aromatic N) is 3. The molecule has 2 aromatic carbocycles. The number of likely N-dealkylation sites (tertiary alicyclic amines) is 1. The number of carbonyl (C=O) groups excluding carboxylic acids is 3. The van der Waals surface area contributed by atoms with E-state index in [1.165, 1.54) is 24.1 Å². The van der Waals surface area contributed by atoms with Crippen LogP contribution in [0.4, 0.5) is 19.7 Å². The third-order valence-electron chi connectivity index (χ3n) is 7.80. The second kappa shape index (κ2) is 12.4. The summed E-state index contributed by atoms with van der Waals surface area (Å²) in [5.74, 6) is -0.666. The van der Waals surface area contributed by atoms with Crippen LogP contribution in [-0.2, 0) is 9.53 Å². The number of likely N-dealkylation sites (N-methyl/N-ethyl adjacent to an activating group) is 1. The van der Waals surface area contributed by atoms with Gasteiger partial charge in [0.25, 0.3) is 0 Å². The highest BCUT2D eigenvalue weighted by Crippen LogP contribution is 2.35. The van der Waals surface area contributed by atoms with E-state index in [4.69, 9.17) is 23.2 Å². The number of anilines is 1. The number of hydrogen-bond acceptors (Lipinski definition) is 4. The molecule has 8 nitrogen and oxygen atoms in total. The van der Waals surface area contributed by atoms with Gasteiger partial charge in [0.2, 0.25) is 5.91 Å². The number of alkyl carbamates (subject to hydrolysis) is 1. The van der Waals surface area contributed by atoms with Crippen LogP contribution in [0.15, 0.2) is 42.5 Å². The molecule has 1 aliphatic heterocycles. The number of benzene rings is 2. The molecule has 2 atom stereocenters. The SMILES string of the molecule is COC(=O)N[C@H]1CC[C@H](C(=O)N2C[C@@H](N(C)C(=O)N(C)c3cc(Cl)cc(Cl)c3)[C@H](c3ccc(F)cc3)C2)CC1. The summed E-state index contributed by atoms with van der Waals surface area (Å²) in [5.41, 5.74) is 1.40. The predicted octanol–water partition coefficient (Wildman–Crippen LogP) is 5.53. The van der Waals surface area contributed by atoms with Gasteiger partial charge in [0.15, 0.2) is 0 Å². The number of rotatable bonds is 5. The van der Waals surface area contributed by atoms with Gasteiger partial charge in [0.05, 0.1) is 13.2 Å². The molecule has 4 amide bonds. The molecule has 11 heteroatoms. The molecular formula is C28H33Cl2FN4O4.